The zero-order valence-electron chi connectivity index (χ0n) is 14.1. The maximum Gasteiger partial charge on any atom is 0.319 e. The Morgan fingerprint density at radius 1 is 1.20 bits per heavy atom. The molecule has 0 saturated carbocycles. The van der Waals surface area contributed by atoms with Gasteiger partial charge in [-0.15, -0.1) is 0 Å². The number of anilines is 1. The third-order valence-corrected chi connectivity index (χ3v) is 5.14. The van der Waals surface area contributed by atoms with E-state index in [0.29, 0.717) is 0 Å². The Hall–Kier alpha value is -1.67. The lowest BCUT2D eigenvalue weighted by atomic mass is 10.0. The first kappa shape index (κ1) is 18.1. The van der Waals surface area contributed by atoms with Gasteiger partial charge >= 0.3 is 6.03 Å². The van der Waals surface area contributed by atoms with Crippen LogP contribution in [0, 0.1) is 3.57 Å². The number of nitrogens with one attached hydrogen (secondary N) is 2. The second-order valence-electron chi connectivity index (χ2n) is 6.33. The average molecular weight is 450 g/mol. The van der Waals surface area contributed by atoms with E-state index in [2.05, 4.69) is 55.2 Å². The van der Waals surface area contributed by atoms with Crippen molar-refractivity contribution in [3.8, 4) is 0 Å². The molecule has 1 saturated heterocycles. The van der Waals surface area contributed by atoms with Gasteiger partial charge in [-0.25, -0.2) is 4.79 Å². The van der Waals surface area contributed by atoms with Crippen LogP contribution in [0.2, 0.25) is 0 Å². The standard InChI is InChI=1S/C19H23IN4O/c20-16-2-1-3-18(14-16)23-19(25)22-17-7-12-24(13-8-17)11-6-15-4-9-21-10-5-15/h1-5,9-10,14,17H,6-8,11-13H2,(H2,22,23,25). The summed E-state index contributed by atoms with van der Waals surface area (Å²) in [7, 11) is 0. The molecular formula is C19H23IN4O. The van der Waals surface area contributed by atoms with Crippen molar-refractivity contribution in [1.29, 1.82) is 0 Å². The number of carbonyl (C=O) groups is 1. The van der Waals surface area contributed by atoms with Crippen LogP contribution in [0.4, 0.5) is 10.5 Å². The third kappa shape index (κ3) is 5.97. The number of urea groups is 1. The fraction of sp³-hybridized carbons (Fsp3) is 0.368. The van der Waals surface area contributed by atoms with Crippen LogP contribution in [0.15, 0.2) is 48.8 Å². The van der Waals surface area contributed by atoms with Crippen molar-refractivity contribution in [2.75, 3.05) is 25.0 Å². The SMILES string of the molecule is O=C(Nc1cccc(I)c1)NC1CCN(CCc2ccncc2)CC1. The molecule has 2 N–H and O–H groups in total. The molecule has 132 valence electrons. The Balaban J connectivity index is 1.38. The van der Waals surface area contributed by atoms with E-state index in [9.17, 15) is 4.79 Å². The van der Waals surface area contributed by atoms with Crippen LogP contribution in [0.5, 0.6) is 0 Å². The van der Waals surface area contributed by atoms with E-state index in [1.165, 1.54) is 5.56 Å². The minimum Gasteiger partial charge on any atom is -0.335 e. The molecule has 6 heteroatoms. The molecule has 1 aromatic carbocycles. The number of amides is 2. The molecule has 5 nitrogen and oxygen atoms in total. The molecule has 1 aliphatic rings. The molecule has 0 radical (unpaired) electrons. The topological polar surface area (TPSA) is 57.3 Å². The third-order valence-electron chi connectivity index (χ3n) is 4.47. The van der Waals surface area contributed by atoms with Crippen molar-refractivity contribution >= 4 is 34.3 Å². The molecule has 1 fully saturated rings. The Morgan fingerprint density at radius 2 is 1.96 bits per heavy atom. The Morgan fingerprint density at radius 3 is 2.68 bits per heavy atom. The first-order chi connectivity index (χ1) is 12.2. The summed E-state index contributed by atoms with van der Waals surface area (Å²) in [4.78, 5) is 18.7. The lowest BCUT2D eigenvalue weighted by molar-refractivity contribution is 0.197. The number of nitrogens with zero attached hydrogens (tertiary/aromatic N) is 2. The van der Waals surface area contributed by atoms with E-state index < -0.39 is 0 Å². The van der Waals surface area contributed by atoms with Crippen LogP contribution in [0.25, 0.3) is 0 Å². The normalized spacial score (nSPS) is 15.7. The smallest absolute Gasteiger partial charge is 0.319 e. The fourth-order valence-electron chi connectivity index (χ4n) is 3.06. The highest BCUT2D eigenvalue weighted by Crippen LogP contribution is 2.14. The molecule has 1 aromatic heterocycles. The average Bonchev–Trinajstić information content (AvgIpc) is 2.62. The molecule has 0 unspecified atom stereocenters. The number of aromatic nitrogens is 1. The van der Waals surface area contributed by atoms with Crippen LogP contribution in [0.3, 0.4) is 0 Å². The van der Waals surface area contributed by atoms with E-state index >= 15 is 0 Å². The Labute approximate surface area is 162 Å². The highest BCUT2D eigenvalue weighted by molar-refractivity contribution is 14.1. The van der Waals surface area contributed by atoms with Crippen molar-refractivity contribution in [3.63, 3.8) is 0 Å². The van der Waals surface area contributed by atoms with Gasteiger partial charge in [0, 0.05) is 47.3 Å². The van der Waals surface area contributed by atoms with Crippen LogP contribution in [0.1, 0.15) is 18.4 Å². The number of hydrogen-bond acceptors (Lipinski definition) is 3. The molecule has 0 aliphatic carbocycles. The summed E-state index contributed by atoms with van der Waals surface area (Å²) in [6.45, 7) is 3.11. The Kier molecular flexibility index (Phi) is 6.63. The zero-order valence-corrected chi connectivity index (χ0v) is 16.3. The largest absolute Gasteiger partial charge is 0.335 e. The van der Waals surface area contributed by atoms with Gasteiger partial charge in [0.15, 0.2) is 0 Å². The van der Waals surface area contributed by atoms with Gasteiger partial charge < -0.3 is 15.5 Å². The number of pyridine rings is 1. The summed E-state index contributed by atoms with van der Waals surface area (Å²) in [5.74, 6) is 0. The van der Waals surface area contributed by atoms with Gasteiger partial charge in [-0.3, -0.25) is 4.98 Å². The molecule has 2 heterocycles. The number of piperidine rings is 1. The van der Waals surface area contributed by atoms with Crippen molar-refractivity contribution in [3.05, 3.63) is 57.9 Å². The predicted molar refractivity (Wildman–Crippen MR) is 109 cm³/mol. The fourth-order valence-corrected chi connectivity index (χ4v) is 3.60. The minimum absolute atomic E-state index is 0.114. The first-order valence-electron chi connectivity index (χ1n) is 8.63. The summed E-state index contributed by atoms with van der Waals surface area (Å²) in [6.07, 6.45) is 6.73. The van der Waals surface area contributed by atoms with E-state index in [0.717, 1.165) is 48.2 Å². The summed E-state index contributed by atoms with van der Waals surface area (Å²) in [5.41, 5.74) is 2.16. The lowest BCUT2D eigenvalue weighted by Gasteiger charge is -2.32. The van der Waals surface area contributed by atoms with Gasteiger partial charge in [0.1, 0.15) is 0 Å². The number of benzene rings is 1. The Bertz CT molecular complexity index is 687. The molecule has 25 heavy (non-hydrogen) atoms. The first-order valence-corrected chi connectivity index (χ1v) is 9.71. The molecule has 0 bridgehead atoms. The molecule has 2 amide bonds. The van der Waals surface area contributed by atoms with E-state index in [-0.39, 0.29) is 12.1 Å². The molecule has 1 aliphatic heterocycles. The van der Waals surface area contributed by atoms with Crippen molar-refractivity contribution in [2.45, 2.75) is 25.3 Å². The molecule has 0 spiro atoms. The highest BCUT2D eigenvalue weighted by atomic mass is 127. The van der Waals surface area contributed by atoms with Gasteiger partial charge in [-0.1, -0.05) is 6.07 Å². The number of likely N-dealkylation sites (tertiary alicyclic amines) is 1. The zero-order chi connectivity index (χ0) is 17.5. The van der Waals surface area contributed by atoms with E-state index in [1.807, 2.05) is 36.7 Å². The number of carbonyl (C=O) groups excluding carboxylic acids is 1. The van der Waals surface area contributed by atoms with Crippen molar-refractivity contribution in [1.82, 2.24) is 15.2 Å². The van der Waals surface area contributed by atoms with Gasteiger partial charge in [-0.05, 0) is 77.7 Å². The summed E-state index contributed by atoms with van der Waals surface area (Å²) >= 11 is 2.24. The minimum atomic E-state index is -0.114. The summed E-state index contributed by atoms with van der Waals surface area (Å²) in [5, 5.41) is 6.01. The van der Waals surface area contributed by atoms with E-state index in [1.54, 1.807) is 0 Å². The number of halogens is 1. The second kappa shape index (κ2) is 9.15. The van der Waals surface area contributed by atoms with E-state index in [4.69, 9.17) is 0 Å². The van der Waals surface area contributed by atoms with Crippen molar-refractivity contribution < 1.29 is 4.79 Å². The quantitative estimate of drug-likeness (QED) is 0.686. The van der Waals surface area contributed by atoms with Gasteiger partial charge in [0.2, 0.25) is 0 Å². The van der Waals surface area contributed by atoms with Gasteiger partial charge in [-0.2, -0.15) is 0 Å². The van der Waals surface area contributed by atoms with Crippen LogP contribution in [-0.4, -0.2) is 41.6 Å². The van der Waals surface area contributed by atoms with Crippen molar-refractivity contribution in [2.24, 2.45) is 0 Å². The number of rotatable bonds is 5. The van der Waals surface area contributed by atoms with Crippen LogP contribution >= 0.6 is 22.6 Å². The second-order valence-corrected chi connectivity index (χ2v) is 7.58. The van der Waals surface area contributed by atoms with Gasteiger partial charge in [0.25, 0.3) is 0 Å². The molecular weight excluding hydrogens is 427 g/mol. The molecule has 3 rings (SSSR count). The van der Waals surface area contributed by atoms with Crippen LogP contribution < -0.4 is 10.6 Å². The summed E-state index contributed by atoms with van der Waals surface area (Å²) in [6, 6.07) is 12.1. The highest BCUT2D eigenvalue weighted by Gasteiger charge is 2.20. The number of hydrogen-bond donors (Lipinski definition) is 2. The predicted octanol–water partition coefficient (Wildman–Crippen LogP) is 3.51. The maximum atomic E-state index is 12.1. The molecule has 2 aromatic rings. The van der Waals surface area contributed by atoms with Gasteiger partial charge in [0.05, 0.1) is 0 Å². The molecule has 0 atom stereocenters. The monoisotopic (exact) mass is 450 g/mol. The van der Waals surface area contributed by atoms with Crippen LogP contribution in [-0.2, 0) is 6.42 Å². The summed E-state index contributed by atoms with van der Waals surface area (Å²) < 4.78 is 1.11. The lowest BCUT2D eigenvalue weighted by Crippen LogP contribution is -2.46. The maximum absolute atomic E-state index is 12.1.